The number of rotatable bonds is 5. The zero-order valence-electron chi connectivity index (χ0n) is 13.1. The predicted octanol–water partition coefficient (Wildman–Crippen LogP) is 0.708. The van der Waals surface area contributed by atoms with Crippen LogP contribution in [-0.4, -0.2) is 49.0 Å². The molecule has 118 valence electrons. The number of nitrogens with two attached hydrogens (primary N) is 1. The predicted molar refractivity (Wildman–Crippen MR) is 82.5 cm³/mol. The SMILES string of the molecule is COC(=O)c1c(N2CCNCC2)nn(CCC(C)C)c1N. The van der Waals surface area contributed by atoms with Crippen molar-refractivity contribution in [2.24, 2.45) is 5.92 Å². The van der Waals surface area contributed by atoms with Crippen molar-refractivity contribution in [3.63, 3.8) is 0 Å². The summed E-state index contributed by atoms with van der Waals surface area (Å²) in [5.74, 6) is 1.18. The van der Waals surface area contributed by atoms with Gasteiger partial charge in [-0.3, -0.25) is 0 Å². The van der Waals surface area contributed by atoms with Crippen molar-refractivity contribution in [1.29, 1.82) is 0 Å². The fraction of sp³-hybridized carbons (Fsp3) is 0.714. The van der Waals surface area contributed by atoms with Gasteiger partial charge in [0.15, 0.2) is 5.82 Å². The van der Waals surface area contributed by atoms with Gasteiger partial charge in [0, 0.05) is 32.7 Å². The molecular weight excluding hydrogens is 270 g/mol. The lowest BCUT2D eigenvalue weighted by molar-refractivity contribution is 0.0602. The van der Waals surface area contributed by atoms with Crippen LogP contribution in [0, 0.1) is 5.92 Å². The highest BCUT2D eigenvalue weighted by Crippen LogP contribution is 2.27. The molecule has 0 unspecified atom stereocenters. The summed E-state index contributed by atoms with van der Waals surface area (Å²) in [6.07, 6.45) is 0.966. The Morgan fingerprint density at radius 1 is 1.43 bits per heavy atom. The topological polar surface area (TPSA) is 85.4 Å². The summed E-state index contributed by atoms with van der Waals surface area (Å²) in [4.78, 5) is 14.1. The van der Waals surface area contributed by atoms with Crippen LogP contribution in [0.1, 0.15) is 30.6 Å². The molecule has 0 aliphatic carbocycles. The minimum Gasteiger partial charge on any atom is -0.465 e. The zero-order valence-corrected chi connectivity index (χ0v) is 13.1. The maximum atomic E-state index is 12.1. The number of nitrogens with one attached hydrogen (secondary N) is 1. The van der Waals surface area contributed by atoms with Gasteiger partial charge in [0.2, 0.25) is 0 Å². The molecule has 2 rings (SSSR count). The zero-order chi connectivity index (χ0) is 15.4. The standard InChI is InChI=1S/C14H25N5O2/c1-10(2)4-7-19-12(15)11(14(20)21-3)13(17-19)18-8-5-16-6-9-18/h10,16H,4-9,15H2,1-3H3. The fourth-order valence-corrected chi connectivity index (χ4v) is 2.41. The van der Waals surface area contributed by atoms with E-state index in [9.17, 15) is 4.79 Å². The van der Waals surface area contributed by atoms with Crippen molar-refractivity contribution in [3.05, 3.63) is 5.56 Å². The number of hydrogen-bond donors (Lipinski definition) is 2. The van der Waals surface area contributed by atoms with Gasteiger partial charge in [0.1, 0.15) is 11.4 Å². The van der Waals surface area contributed by atoms with Gasteiger partial charge in [-0.1, -0.05) is 13.8 Å². The number of ether oxygens (including phenoxy) is 1. The Hall–Kier alpha value is -1.76. The molecule has 7 nitrogen and oxygen atoms in total. The molecule has 0 bridgehead atoms. The van der Waals surface area contributed by atoms with E-state index < -0.39 is 5.97 Å². The second-order valence-electron chi connectivity index (χ2n) is 5.72. The van der Waals surface area contributed by atoms with E-state index in [1.54, 1.807) is 4.68 Å². The molecular formula is C14H25N5O2. The van der Waals surface area contributed by atoms with Crippen LogP contribution in [0.2, 0.25) is 0 Å². The number of carbonyl (C=O) groups is 1. The molecule has 1 fully saturated rings. The average Bonchev–Trinajstić information content (AvgIpc) is 2.82. The van der Waals surface area contributed by atoms with Crippen LogP contribution in [0.4, 0.5) is 11.6 Å². The minimum absolute atomic E-state index is 0.392. The number of hydrogen-bond acceptors (Lipinski definition) is 6. The molecule has 1 aliphatic rings. The minimum atomic E-state index is -0.420. The van der Waals surface area contributed by atoms with E-state index in [-0.39, 0.29) is 0 Å². The van der Waals surface area contributed by atoms with Crippen LogP contribution < -0.4 is 16.0 Å². The maximum absolute atomic E-state index is 12.1. The lowest BCUT2D eigenvalue weighted by atomic mass is 10.1. The average molecular weight is 295 g/mol. The van der Waals surface area contributed by atoms with E-state index >= 15 is 0 Å². The largest absolute Gasteiger partial charge is 0.465 e. The number of aryl methyl sites for hydroxylation is 1. The first-order valence-corrected chi connectivity index (χ1v) is 7.44. The molecule has 1 saturated heterocycles. The number of anilines is 2. The summed E-state index contributed by atoms with van der Waals surface area (Å²) in [5.41, 5.74) is 6.52. The van der Waals surface area contributed by atoms with Gasteiger partial charge in [-0.15, -0.1) is 0 Å². The molecule has 0 atom stereocenters. The number of nitrogen functional groups attached to an aromatic ring is 1. The maximum Gasteiger partial charge on any atom is 0.345 e. The summed E-state index contributed by atoms with van der Waals surface area (Å²) >= 11 is 0. The Balaban J connectivity index is 2.31. The van der Waals surface area contributed by atoms with Crippen LogP contribution in [0.15, 0.2) is 0 Å². The number of piperazine rings is 1. The van der Waals surface area contributed by atoms with E-state index in [1.807, 2.05) is 0 Å². The molecule has 3 N–H and O–H groups in total. The third-order valence-corrected chi connectivity index (χ3v) is 3.70. The molecule has 21 heavy (non-hydrogen) atoms. The number of methoxy groups -OCH3 is 1. The molecule has 1 aliphatic heterocycles. The third-order valence-electron chi connectivity index (χ3n) is 3.70. The molecule has 0 spiro atoms. The second-order valence-corrected chi connectivity index (χ2v) is 5.72. The van der Waals surface area contributed by atoms with Crippen molar-refractivity contribution in [1.82, 2.24) is 15.1 Å². The number of aromatic nitrogens is 2. The normalized spacial score (nSPS) is 15.5. The Morgan fingerprint density at radius 2 is 2.10 bits per heavy atom. The number of esters is 1. The highest BCUT2D eigenvalue weighted by molar-refractivity contribution is 5.99. The molecule has 0 aromatic carbocycles. The van der Waals surface area contributed by atoms with Crippen molar-refractivity contribution in [2.45, 2.75) is 26.8 Å². The number of carbonyl (C=O) groups excluding carboxylic acids is 1. The van der Waals surface area contributed by atoms with Gasteiger partial charge in [0.05, 0.1) is 7.11 Å². The first-order valence-electron chi connectivity index (χ1n) is 7.44. The van der Waals surface area contributed by atoms with Gasteiger partial charge < -0.3 is 20.7 Å². The Morgan fingerprint density at radius 3 is 2.67 bits per heavy atom. The fourth-order valence-electron chi connectivity index (χ4n) is 2.41. The summed E-state index contributed by atoms with van der Waals surface area (Å²) in [5, 5.41) is 7.85. The first-order chi connectivity index (χ1) is 10.0. The van der Waals surface area contributed by atoms with E-state index in [4.69, 9.17) is 10.5 Å². The van der Waals surface area contributed by atoms with Crippen LogP contribution in [-0.2, 0) is 11.3 Å². The van der Waals surface area contributed by atoms with Crippen LogP contribution in [0.3, 0.4) is 0 Å². The highest BCUT2D eigenvalue weighted by Gasteiger charge is 2.27. The van der Waals surface area contributed by atoms with Crippen molar-refractivity contribution in [3.8, 4) is 0 Å². The third kappa shape index (κ3) is 3.47. The molecule has 1 aromatic heterocycles. The van der Waals surface area contributed by atoms with E-state index in [0.717, 1.165) is 32.6 Å². The van der Waals surface area contributed by atoms with E-state index in [0.29, 0.717) is 29.7 Å². The van der Waals surface area contributed by atoms with Gasteiger partial charge in [-0.05, 0) is 12.3 Å². The number of nitrogens with zero attached hydrogens (tertiary/aromatic N) is 3. The van der Waals surface area contributed by atoms with Gasteiger partial charge in [-0.2, -0.15) is 5.10 Å². The Bertz CT molecular complexity index is 492. The van der Waals surface area contributed by atoms with Crippen molar-refractivity contribution < 1.29 is 9.53 Å². The summed E-state index contributed by atoms with van der Waals surface area (Å²) < 4.78 is 6.60. The Labute approximate surface area is 125 Å². The molecule has 0 radical (unpaired) electrons. The van der Waals surface area contributed by atoms with Crippen LogP contribution in [0.5, 0.6) is 0 Å². The Kier molecular flexibility index (Phi) is 5.06. The first kappa shape index (κ1) is 15.6. The summed E-state index contributed by atoms with van der Waals surface area (Å²) in [7, 11) is 1.37. The van der Waals surface area contributed by atoms with Gasteiger partial charge in [0.25, 0.3) is 0 Å². The van der Waals surface area contributed by atoms with Crippen LogP contribution >= 0.6 is 0 Å². The highest BCUT2D eigenvalue weighted by atomic mass is 16.5. The monoisotopic (exact) mass is 295 g/mol. The van der Waals surface area contributed by atoms with E-state index in [1.165, 1.54) is 7.11 Å². The van der Waals surface area contributed by atoms with Gasteiger partial charge >= 0.3 is 5.97 Å². The molecule has 2 heterocycles. The molecule has 0 saturated carbocycles. The van der Waals surface area contributed by atoms with Crippen molar-refractivity contribution in [2.75, 3.05) is 43.9 Å². The molecule has 7 heteroatoms. The van der Waals surface area contributed by atoms with E-state index in [2.05, 4.69) is 29.2 Å². The summed E-state index contributed by atoms with van der Waals surface area (Å²) in [6, 6.07) is 0. The molecule has 0 amide bonds. The molecule has 1 aromatic rings. The van der Waals surface area contributed by atoms with Crippen LogP contribution in [0.25, 0.3) is 0 Å². The quantitative estimate of drug-likeness (QED) is 0.778. The summed E-state index contributed by atoms with van der Waals surface area (Å²) in [6.45, 7) is 8.38. The van der Waals surface area contributed by atoms with Gasteiger partial charge in [-0.25, -0.2) is 9.48 Å². The van der Waals surface area contributed by atoms with Crippen molar-refractivity contribution >= 4 is 17.6 Å². The lowest BCUT2D eigenvalue weighted by Gasteiger charge is -2.27. The smallest absolute Gasteiger partial charge is 0.345 e. The lowest BCUT2D eigenvalue weighted by Crippen LogP contribution is -2.44. The second kappa shape index (κ2) is 6.80.